The lowest BCUT2D eigenvalue weighted by molar-refractivity contribution is -0.167. The van der Waals surface area contributed by atoms with Gasteiger partial charge in [-0.1, -0.05) is 182 Å². The molecule has 338 valence electrons. The predicted octanol–water partition coefficient (Wildman–Crippen LogP) is 15.6. The van der Waals surface area contributed by atoms with E-state index in [1.807, 2.05) is 6.08 Å². The molecule has 0 aromatic rings. The third kappa shape index (κ3) is 45.2. The second kappa shape index (κ2) is 47.7. The predicted molar refractivity (Wildman–Crippen MR) is 256 cm³/mol. The maximum absolute atomic E-state index is 12.7. The molecule has 0 saturated heterocycles. The number of unbranched alkanes of at least 4 members (excludes halogenated alkanes) is 14. The van der Waals surface area contributed by atoms with E-state index in [0.717, 1.165) is 96.3 Å². The lowest BCUT2D eigenvalue weighted by atomic mass is 10.1. The maximum atomic E-state index is 12.7. The molecular weight excluding hydrogens is 745 g/mol. The fourth-order valence-electron chi connectivity index (χ4n) is 6.00. The van der Waals surface area contributed by atoms with E-state index in [0.29, 0.717) is 19.3 Å². The molecule has 0 fully saturated rings. The van der Waals surface area contributed by atoms with Crippen molar-refractivity contribution in [2.24, 2.45) is 0 Å². The van der Waals surface area contributed by atoms with E-state index in [1.165, 1.54) is 44.9 Å². The molecule has 0 aliphatic rings. The number of carbonyl (C=O) groups excluding carboxylic acids is 3. The van der Waals surface area contributed by atoms with Crippen LogP contribution in [-0.2, 0) is 28.6 Å². The number of carbonyl (C=O) groups is 3. The van der Waals surface area contributed by atoms with Crippen LogP contribution in [0, 0.1) is 0 Å². The first-order chi connectivity index (χ1) is 29.5. The highest BCUT2D eigenvalue weighted by atomic mass is 16.6. The zero-order valence-corrected chi connectivity index (χ0v) is 38.4. The van der Waals surface area contributed by atoms with Crippen molar-refractivity contribution < 1.29 is 28.6 Å². The lowest BCUT2D eigenvalue weighted by Gasteiger charge is -2.18. The first-order valence-corrected chi connectivity index (χ1v) is 23.9. The maximum Gasteiger partial charge on any atom is 0.306 e. The molecule has 6 nitrogen and oxygen atoms in total. The Bertz CT molecular complexity index is 1280. The summed E-state index contributed by atoms with van der Waals surface area (Å²) in [6.07, 6.45) is 63.7. The van der Waals surface area contributed by atoms with Gasteiger partial charge in [0.2, 0.25) is 0 Å². The third-order valence-corrected chi connectivity index (χ3v) is 9.55. The molecule has 1 unspecified atom stereocenters. The Morgan fingerprint density at radius 1 is 0.367 bits per heavy atom. The molecule has 0 aliphatic heterocycles. The van der Waals surface area contributed by atoms with Gasteiger partial charge in [-0.15, -0.1) is 0 Å². The van der Waals surface area contributed by atoms with Gasteiger partial charge in [-0.3, -0.25) is 14.4 Å². The molecule has 0 aliphatic carbocycles. The minimum Gasteiger partial charge on any atom is -0.462 e. The molecule has 0 spiro atoms. The number of hydrogen-bond acceptors (Lipinski definition) is 6. The SMILES string of the molecule is CC\C=C/C=C\C=C/CCCCCCCC(=O)OC(COC(=O)CCC/C=C\C/C=C\C/C=C\CCCCCCCC)COC(=O)CCCC/C=C\C/C=C\C/C=C\CC. The smallest absolute Gasteiger partial charge is 0.306 e. The van der Waals surface area contributed by atoms with E-state index in [1.54, 1.807) is 0 Å². The van der Waals surface area contributed by atoms with Crippen molar-refractivity contribution in [3.63, 3.8) is 0 Å². The number of ether oxygens (including phenoxy) is 3. The average Bonchev–Trinajstić information content (AvgIpc) is 3.24. The molecule has 0 radical (unpaired) electrons. The molecule has 60 heavy (non-hydrogen) atoms. The zero-order chi connectivity index (χ0) is 43.7. The van der Waals surface area contributed by atoms with Gasteiger partial charge in [0.15, 0.2) is 6.10 Å². The molecule has 6 heteroatoms. The van der Waals surface area contributed by atoms with Gasteiger partial charge in [0, 0.05) is 19.3 Å². The van der Waals surface area contributed by atoms with Crippen LogP contribution in [0.3, 0.4) is 0 Å². The van der Waals surface area contributed by atoms with E-state index >= 15 is 0 Å². The van der Waals surface area contributed by atoms with Crippen LogP contribution in [-0.4, -0.2) is 37.2 Å². The van der Waals surface area contributed by atoms with Crippen molar-refractivity contribution in [3.8, 4) is 0 Å². The van der Waals surface area contributed by atoms with E-state index in [9.17, 15) is 14.4 Å². The van der Waals surface area contributed by atoms with Crippen molar-refractivity contribution in [2.45, 2.75) is 200 Å². The standard InChI is InChI=1S/C54H86O6/c1-4-7-10-13-16-19-22-25-26-27-28-30-32-35-38-41-44-47-53(56)59-50-51(49-58-52(55)46-43-40-37-34-31-24-21-18-15-12-9-6-3)60-54(57)48-45-42-39-36-33-29-23-20-17-14-11-8-5-2/h8-9,11-12,14,17-18,20-21,23,25-26,28,30-31,34-35,38,51H,4-7,10,13,15-16,19,22,24,27,29,32-33,36-37,39-50H2,1-3H3/b11-8-,12-9-,17-14-,21-18-,23-20-,26-25-,30-28-,34-31-,38-35-. The highest BCUT2D eigenvalue weighted by Crippen LogP contribution is 2.11. The summed E-state index contributed by atoms with van der Waals surface area (Å²) in [5.41, 5.74) is 0. The minimum absolute atomic E-state index is 0.125. The number of hydrogen-bond donors (Lipinski definition) is 0. The molecule has 0 N–H and O–H groups in total. The zero-order valence-electron chi connectivity index (χ0n) is 38.4. The molecule has 0 saturated carbocycles. The second-order valence-electron chi connectivity index (χ2n) is 15.3. The van der Waals surface area contributed by atoms with Gasteiger partial charge >= 0.3 is 17.9 Å². The Hall–Kier alpha value is -3.93. The van der Waals surface area contributed by atoms with Crippen molar-refractivity contribution >= 4 is 17.9 Å². The number of allylic oxidation sites excluding steroid dienone is 18. The van der Waals surface area contributed by atoms with E-state index in [2.05, 4.69) is 124 Å². The summed E-state index contributed by atoms with van der Waals surface area (Å²) in [6.45, 7) is 6.26. The summed E-state index contributed by atoms with van der Waals surface area (Å²) >= 11 is 0. The molecule has 0 aromatic heterocycles. The van der Waals surface area contributed by atoms with Crippen molar-refractivity contribution in [1.82, 2.24) is 0 Å². The van der Waals surface area contributed by atoms with Crippen LogP contribution in [0.15, 0.2) is 109 Å². The summed E-state index contributed by atoms with van der Waals surface area (Å²) < 4.78 is 16.6. The molecule has 0 rings (SSSR count). The van der Waals surface area contributed by atoms with E-state index < -0.39 is 6.10 Å². The monoisotopic (exact) mass is 831 g/mol. The Labute approximate surface area is 368 Å². The van der Waals surface area contributed by atoms with Crippen LogP contribution < -0.4 is 0 Å². The summed E-state index contributed by atoms with van der Waals surface area (Å²) in [7, 11) is 0. The largest absolute Gasteiger partial charge is 0.462 e. The highest BCUT2D eigenvalue weighted by Gasteiger charge is 2.19. The number of rotatable bonds is 41. The van der Waals surface area contributed by atoms with Crippen LogP contribution >= 0.6 is 0 Å². The lowest BCUT2D eigenvalue weighted by Crippen LogP contribution is -2.30. The van der Waals surface area contributed by atoms with Crippen molar-refractivity contribution in [1.29, 1.82) is 0 Å². The van der Waals surface area contributed by atoms with Crippen LogP contribution in [0.2, 0.25) is 0 Å². The fourth-order valence-corrected chi connectivity index (χ4v) is 6.00. The summed E-state index contributed by atoms with van der Waals surface area (Å²) in [5.74, 6) is -1.05. The van der Waals surface area contributed by atoms with Gasteiger partial charge in [0.25, 0.3) is 0 Å². The van der Waals surface area contributed by atoms with E-state index in [4.69, 9.17) is 14.2 Å². The van der Waals surface area contributed by atoms with Crippen LogP contribution in [0.1, 0.15) is 194 Å². The van der Waals surface area contributed by atoms with Gasteiger partial charge in [-0.25, -0.2) is 0 Å². The van der Waals surface area contributed by atoms with E-state index in [-0.39, 0.29) is 44.0 Å². The van der Waals surface area contributed by atoms with Crippen molar-refractivity contribution in [3.05, 3.63) is 109 Å². The molecule has 0 heterocycles. The van der Waals surface area contributed by atoms with Gasteiger partial charge in [-0.2, -0.15) is 0 Å². The van der Waals surface area contributed by atoms with Crippen LogP contribution in [0.5, 0.6) is 0 Å². The summed E-state index contributed by atoms with van der Waals surface area (Å²) in [4.78, 5) is 37.8. The van der Waals surface area contributed by atoms with Gasteiger partial charge in [-0.05, 0) is 103 Å². The van der Waals surface area contributed by atoms with Gasteiger partial charge < -0.3 is 14.2 Å². The van der Waals surface area contributed by atoms with Crippen molar-refractivity contribution in [2.75, 3.05) is 13.2 Å². The normalized spacial score (nSPS) is 13.1. The minimum atomic E-state index is -0.825. The summed E-state index contributed by atoms with van der Waals surface area (Å²) in [5, 5.41) is 0. The Kier molecular flexibility index (Phi) is 44.6. The van der Waals surface area contributed by atoms with Gasteiger partial charge in [0.05, 0.1) is 0 Å². The third-order valence-electron chi connectivity index (χ3n) is 9.55. The van der Waals surface area contributed by atoms with Crippen LogP contribution in [0.4, 0.5) is 0 Å². The molecule has 0 amide bonds. The second-order valence-corrected chi connectivity index (χ2v) is 15.3. The van der Waals surface area contributed by atoms with Crippen LogP contribution in [0.25, 0.3) is 0 Å². The molecule has 0 aromatic carbocycles. The first kappa shape index (κ1) is 56.1. The molecule has 1 atom stereocenters. The summed E-state index contributed by atoms with van der Waals surface area (Å²) in [6, 6.07) is 0. The highest BCUT2D eigenvalue weighted by molar-refractivity contribution is 5.71. The van der Waals surface area contributed by atoms with Gasteiger partial charge in [0.1, 0.15) is 13.2 Å². The Balaban J connectivity index is 4.55. The Morgan fingerprint density at radius 3 is 1.30 bits per heavy atom. The number of esters is 3. The Morgan fingerprint density at radius 2 is 0.750 bits per heavy atom. The molecular formula is C54H86O6. The molecule has 0 bridgehead atoms. The first-order valence-electron chi connectivity index (χ1n) is 23.9. The fraction of sp³-hybridized carbons (Fsp3) is 0.611. The topological polar surface area (TPSA) is 78.9 Å². The average molecular weight is 831 g/mol. The quantitative estimate of drug-likeness (QED) is 0.0201.